The molecule has 110 valence electrons. The SMILES string of the molecule is CC(=O)c1cccc(Nc2nc(-c3ccc(O)cc3)cs2)c1. The number of carbonyl (C=O) groups excluding carboxylic acids is 1. The fraction of sp³-hybridized carbons (Fsp3) is 0.0588. The van der Waals surface area contributed by atoms with Crippen LogP contribution in [0.5, 0.6) is 5.75 Å². The molecule has 4 nitrogen and oxygen atoms in total. The standard InChI is InChI=1S/C17H14N2O2S/c1-11(20)13-3-2-4-14(9-13)18-17-19-16(10-22-17)12-5-7-15(21)8-6-12/h2-10,21H,1H3,(H,18,19). The van der Waals surface area contributed by atoms with Gasteiger partial charge in [-0.15, -0.1) is 11.3 Å². The molecule has 0 aliphatic carbocycles. The van der Waals surface area contributed by atoms with Crippen LogP contribution in [0.4, 0.5) is 10.8 Å². The van der Waals surface area contributed by atoms with E-state index in [1.807, 2.05) is 35.7 Å². The molecule has 0 atom stereocenters. The van der Waals surface area contributed by atoms with Gasteiger partial charge in [0.2, 0.25) is 0 Å². The Balaban J connectivity index is 1.81. The third-order valence-corrected chi connectivity index (χ3v) is 3.95. The number of hydrogen-bond acceptors (Lipinski definition) is 5. The van der Waals surface area contributed by atoms with Crippen LogP contribution in [0, 0.1) is 0 Å². The molecule has 3 aromatic rings. The molecular weight excluding hydrogens is 296 g/mol. The Bertz CT molecular complexity index is 810. The van der Waals surface area contributed by atoms with E-state index in [4.69, 9.17) is 0 Å². The molecule has 0 saturated heterocycles. The lowest BCUT2D eigenvalue weighted by Gasteiger charge is -2.04. The van der Waals surface area contributed by atoms with Crippen LogP contribution in [0.3, 0.4) is 0 Å². The summed E-state index contributed by atoms with van der Waals surface area (Å²) in [5, 5.41) is 15.2. The number of phenolic OH excluding ortho intramolecular Hbond substituents is 1. The highest BCUT2D eigenvalue weighted by Crippen LogP contribution is 2.28. The molecule has 0 unspecified atom stereocenters. The number of aromatic nitrogens is 1. The van der Waals surface area contributed by atoms with E-state index in [1.165, 1.54) is 11.3 Å². The molecule has 0 bridgehead atoms. The second kappa shape index (κ2) is 5.99. The summed E-state index contributed by atoms with van der Waals surface area (Å²) in [6, 6.07) is 14.3. The van der Waals surface area contributed by atoms with E-state index in [1.54, 1.807) is 25.1 Å². The van der Waals surface area contributed by atoms with E-state index in [0.29, 0.717) is 5.56 Å². The Morgan fingerprint density at radius 3 is 2.68 bits per heavy atom. The minimum atomic E-state index is 0.0348. The molecule has 0 radical (unpaired) electrons. The second-order valence-corrected chi connectivity index (χ2v) is 5.70. The quantitative estimate of drug-likeness (QED) is 0.698. The van der Waals surface area contributed by atoms with Crippen molar-refractivity contribution >= 4 is 27.9 Å². The fourth-order valence-electron chi connectivity index (χ4n) is 2.04. The van der Waals surface area contributed by atoms with Crippen molar-refractivity contribution in [1.82, 2.24) is 4.98 Å². The van der Waals surface area contributed by atoms with Gasteiger partial charge < -0.3 is 10.4 Å². The van der Waals surface area contributed by atoms with E-state index in [2.05, 4.69) is 10.3 Å². The van der Waals surface area contributed by atoms with Gasteiger partial charge in [-0.25, -0.2) is 4.98 Å². The number of hydrogen-bond donors (Lipinski definition) is 2. The lowest BCUT2D eigenvalue weighted by atomic mass is 10.1. The zero-order chi connectivity index (χ0) is 15.5. The van der Waals surface area contributed by atoms with Crippen molar-refractivity contribution in [3.05, 3.63) is 59.5 Å². The Labute approximate surface area is 132 Å². The Morgan fingerprint density at radius 1 is 1.18 bits per heavy atom. The maximum atomic E-state index is 11.4. The molecule has 22 heavy (non-hydrogen) atoms. The van der Waals surface area contributed by atoms with Crippen molar-refractivity contribution in [1.29, 1.82) is 0 Å². The van der Waals surface area contributed by atoms with Crippen LogP contribution >= 0.6 is 11.3 Å². The number of benzene rings is 2. The van der Waals surface area contributed by atoms with E-state index in [0.717, 1.165) is 22.1 Å². The first-order valence-electron chi connectivity index (χ1n) is 6.75. The van der Waals surface area contributed by atoms with Gasteiger partial charge in [0.1, 0.15) is 5.75 Å². The Hall–Kier alpha value is -2.66. The summed E-state index contributed by atoms with van der Waals surface area (Å²) in [7, 11) is 0. The third-order valence-electron chi connectivity index (χ3n) is 3.19. The highest BCUT2D eigenvalue weighted by molar-refractivity contribution is 7.14. The molecule has 0 aliphatic heterocycles. The van der Waals surface area contributed by atoms with Gasteiger partial charge in [-0.05, 0) is 43.3 Å². The van der Waals surface area contributed by atoms with Crippen molar-refractivity contribution in [2.24, 2.45) is 0 Å². The molecule has 2 aromatic carbocycles. The van der Waals surface area contributed by atoms with Crippen LogP contribution in [-0.4, -0.2) is 15.9 Å². The van der Waals surface area contributed by atoms with Crippen LogP contribution in [0.15, 0.2) is 53.9 Å². The minimum Gasteiger partial charge on any atom is -0.508 e. The first kappa shape index (κ1) is 14.3. The lowest BCUT2D eigenvalue weighted by Crippen LogP contribution is -1.95. The van der Waals surface area contributed by atoms with Crippen molar-refractivity contribution in [3.8, 4) is 17.0 Å². The fourth-order valence-corrected chi connectivity index (χ4v) is 2.78. The summed E-state index contributed by atoms with van der Waals surface area (Å²) in [6.45, 7) is 1.55. The lowest BCUT2D eigenvalue weighted by molar-refractivity contribution is 0.101. The van der Waals surface area contributed by atoms with Gasteiger partial charge in [0.15, 0.2) is 10.9 Å². The number of phenols is 1. The molecule has 0 saturated carbocycles. The van der Waals surface area contributed by atoms with E-state index >= 15 is 0 Å². The van der Waals surface area contributed by atoms with E-state index < -0.39 is 0 Å². The van der Waals surface area contributed by atoms with Crippen molar-refractivity contribution in [3.63, 3.8) is 0 Å². The highest BCUT2D eigenvalue weighted by atomic mass is 32.1. The molecule has 0 aliphatic rings. The van der Waals surface area contributed by atoms with Gasteiger partial charge in [0, 0.05) is 22.2 Å². The predicted molar refractivity (Wildman–Crippen MR) is 88.9 cm³/mol. The monoisotopic (exact) mass is 310 g/mol. The topological polar surface area (TPSA) is 62.2 Å². The normalized spacial score (nSPS) is 10.4. The molecular formula is C17H14N2O2S. The molecule has 2 N–H and O–H groups in total. The smallest absolute Gasteiger partial charge is 0.187 e. The summed E-state index contributed by atoms with van der Waals surface area (Å²) >= 11 is 1.49. The first-order chi connectivity index (χ1) is 10.6. The Morgan fingerprint density at radius 2 is 1.95 bits per heavy atom. The predicted octanol–water partition coefficient (Wildman–Crippen LogP) is 4.46. The van der Waals surface area contributed by atoms with Gasteiger partial charge in [-0.2, -0.15) is 0 Å². The van der Waals surface area contributed by atoms with Crippen LogP contribution in [0.2, 0.25) is 0 Å². The largest absolute Gasteiger partial charge is 0.508 e. The molecule has 5 heteroatoms. The van der Waals surface area contributed by atoms with Gasteiger partial charge in [-0.1, -0.05) is 12.1 Å². The molecule has 0 spiro atoms. The van der Waals surface area contributed by atoms with Crippen molar-refractivity contribution < 1.29 is 9.90 Å². The van der Waals surface area contributed by atoms with E-state index in [9.17, 15) is 9.90 Å². The van der Waals surface area contributed by atoms with Gasteiger partial charge in [0.25, 0.3) is 0 Å². The van der Waals surface area contributed by atoms with Crippen LogP contribution < -0.4 is 5.32 Å². The Kier molecular flexibility index (Phi) is 3.89. The zero-order valence-electron chi connectivity index (χ0n) is 11.9. The summed E-state index contributed by atoms with van der Waals surface area (Å²) in [5.41, 5.74) is 3.29. The first-order valence-corrected chi connectivity index (χ1v) is 7.63. The maximum Gasteiger partial charge on any atom is 0.187 e. The van der Waals surface area contributed by atoms with Crippen LogP contribution in [0.25, 0.3) is 11.3 Å². The molecule has 1 aromatic heterocycles. The average molecular weight is 310 g/mol. The molecule has 1 heterocycles. The van der Waals surface area contributed by atoms with Crippen LogP contribution in [0.1, 0.15) is 17.3 Å². The number of thiazole rings is 1. The van der Waals surface area contributed by atoms with Crippen molar-refractivity contribution in [2.75, 3.05) is 5.32 Å². The minimum absolute atomic E-state index is 0.0348. The number of rotatable bonds is 4. The number of Topliss-reactive ketones (excluding diaryl/α,β-unsaturated/α-hetero) is 1. The van der Waals surface area contributed by atoms with Gasteiger partial charge in [-0.3, -0.25) is 4.79 Å². The summed E-state index contributed by atoms with van der Waals surface area (Å²) in [6.07, 6.45) is 0. The number of carbonyl (C=O) groups is 1. The number of nitrogens with one attached hydrogen (secondary N) is 1. The number of aromatic hydroxyl groups is 1. The van der Waals surface area contributed by atoms with Crippen molar-refractivity contribution in [2.45, 2.75) is 6.92 Å². The maximum absolute atomic E-state index is 11.4. The molecule has 3 rings (SSSR count). The highest BCUT2D eigenvalue weighted by Gasteiger charge is 2.06. The van der Waals surface area contributed by atoms with Gasteiger partial charge in [0.05, 0.1) is 5.69 Å². The summed E-state index contributed by atoms with van der Waals surface area (Å²) < 4.78 is 0. The third kappa shape index (κ3) is 3.15. The number of anilines is 2. The summed E-state index contributed by atoms with van der Waals surface area (Å²) in [4.78, 5) is 15.9. The number of nitrogens with zero attached hydrogens (tertiary/aromatic N) is 1. The second-order valence-electron chi connectivity index (χ2n) is 4.85. The average Bonchev–Trinajstić information content (AvgIpc) is 2.96. The van der Waals surface area contributed by atoms with E-state index in [-0.39, 0.29) is 11.5 Å². The molecule has 0 fully saturated rings. The molecule has 0 amide bonds. The summed E-state index contributed by atoms with van der Waals surface area (Å²) in [5.74, 6) is 0.269. The van der Waals surface area contributed by atoms with Crippen LogP contribution in [-0.2, 0) is 0 Å². The number of ketones is 1. The van der Waals surface area contributed by atoms with Gasteiger partial charge >= 0.3 is 0 Å². The zero-order valence-corrected chi connectivity index (χ0v) is 12.7.